The molecule has 3 aliphatic rings. The second-order valence-corrected chi connectivity index (χ2v) is 9.80. The second kappa shape index (κ2) is 6.21. The van der Waals surface area contributed by atoms with Gasteiger partial charge in [0.05, 0.1) is 10.5 Å². The number of alkyl halides is 3. The summed E-state index contributed by atoms with van der Waals surface area (Å²) in [5.41, 5.74) is 5.35. The van der Waals surface area contributed by atoms with Crippen LogP contribution in [0.3, 0.4) is 0 Å². The summed E-state index contributed by atoms with van der Waals surface area (Å²) in [5.74, 6) is 0.999. The van der Waals surface area contributed by atoms with Gasteiger partial charge in [-0.05, 0) is 61.3 Å². The first-order valence-electron chi connectivity index (χ1n) is 9.12. The molecule has 1 saturated heterocycles. The molecule has 1 aliphatic heterocycles. The molecule has 4 unspecified atom stereocenters. The molecule has 8 heteroatoms. The van der Waals surface area contributed by atoms with Gasteiger partial charge in [-0.1, -0.05) is 12.8 Å². The van der Waals surface area contributed by atoms with Crippen LogP contribution in [-0.2, 0) is 16.2 Å². The Morgan fingerprint density at radius 2 is 1.69 bits per heavy atom. The molecule has 4 atom stereocenters. The van der Waals surface area contributed by atoms with Gasteiger partial charge in [-0.2, -0.15) is 17.5 Å². The zero-order valence-corrected chi connectivity index (χ0v) is 15.1. The van der Waals surface area contributed by atoms with Gasteiger partial charge in [0, 0.05) is 18.6 Å². The summed E-state index contributed by atoms with van der Waals surface area (Å²) in [6.45, 7) is 0.382. The van der Waals surface area contributed by atoms with Gasteiger partial charge in [0.15, 0.2) is 0 Å². The molecule has 4 rings (SSSR count). The van der Waals surface area contributed by atoms with E-state index >= 15 is 0 Å². The molecule has 0 amide bonds. The molecule has 1 heterocycles. The SMILES string of the molecule is NC1CCC2C1CN(S(=O)(=O)c1ccc(C(F)(F)F)cc1)C2CC1CC1. The summed E-state index contributed by atoms with van der Waals surface area (Å²) in [7, 11) is -3.82. The van der Waals surface area contributed by atoms with Crippen molar-refractivity contribution in [3.8, 4) is 0 Å². The highest BCUT2D eigenvalue weighted by Gasteiger charge is 2.52. The quantitative estimate of drug-likeness (QED) is 0.861. The fourth-order valence-electron chi connectivity index (χ4n) is 4.65. The van der Waals surface area contributed by atoms with Crippen molar-refractivity contribution in [2.45, 2.75) is 55.3 Å². The van der Waals surface area contributed by atoms with Crippen LogP contribution in [0.2, 0.25) is 0 Å². The first-order valence-corrected chi connectivity index (χ1v) is 10.6. The highest BCUT2D eigenvalue weighted by molar-refractivity contribution is 7.89. The number of benzene rings is 1. The zero-order valence-electron chi connectivity index (χ0n) is 14.3. The van der Waals surface area contributed by atoms with E-state index in [-0.39, 0.29) is 28.8 Å². The first kappa shape index (κ1) is 18.3. The predicted molar refractivity (Wildman–Crippen MR) is 90.7 cm³/mol. The van der Waals surface area contributed by atoms with Gasteiger partial charge < -0.3 is 5.73 Å². The first-order chi connectivity index (χ1) is 12.2. The Labute approximate surface area is 151 Å². The third-order valence-corrected chi connectivity index (χ3v) is 8.15. The lowest BCUT2D eigenvalue weighted by Gasteiger charge is -2.27. The van der Waals surface area contributed by atoms with Crippen molar-refractivity contribution in [1.82, 2.24) is 4.31 Å². The molecule has 0 bridgehead atoms. The monoisotopic (exact) mass is 388 g/mol. The van der Waals surface area contributed by atoms with Crippen LogP contribution in [0.5, 0.6) is 0 Å². The zero-order chi connectivity index (χ0) is 18.7. The van der Waals surface area contributed by atoms with E-state index < -0.39 is 21.8 Å². The van der Waals surface area contributed by atoms with Crippen LogP contribution < -0.4 is 5.73 Å². The summed E-state index contributed by atoms with van der Waals surface area (Å²) in [4.78, 5) is -0.0696. The van der Waals surface area contributed by atoms with Crippen LogP contribution >= 0.6 is 0 Å². The number of halogens is 3. The van der Waals surface area contributed by atoms with Gasteiger partial charge in [0.25, 0.3) is 0 Å². The highest BCUT2D eigenvalue weighted by atomic mass is 32.2. The van der Waals surface area contributed by atoms with Gasteiger partial charge in [-0.3, -0.25) is 0 Å². The van der Waals surface area contributed by atoms with Gasteiger partial charge >= 0.3 is 6.18 Å². The molecule has 2 saturated carbocycles. The third kappa shape index (κ3) is 3.16. The Bertz CT molecular complexity index is 775. The Balaban J connectivity index is 1.63. The maximum absolute atomic E-state index is 13.1. The van der Waals surface area contributed by atoms with Crippen LogP contribution in [-0.4, -0.2) is 31.4 Å². The molecule has 2 N–H and O–H groups in total. The fraction of sp³-hybridized carbons (Fsp3) is 0.667. The molecule has 0 radical (unpaired) electrons. The van der Waals surface area contributed by atoms with Crippen molar-refractivity contribution < 1.29 is 21.6 Å². The summed E-state index contributed by atoms with van der Waals surface area (Å²) in [6.07, 6.45) is 0.483. The molecular formula is C18H23F3N2O2S. The summed E-state index contributed by atoms with van der Waals surface area (Å²) in [6, 6.07) is 3.75. The smallest absolute Gasteiger partial charge is 0.327 e. The van der Waals surface area contributed by atoms with Crippen molar-refractivity contribution in [2.75, 3.05) is 6.54 Å². The van der Waals surface area contributed by atoms with E-state index in [1.807, 2.05) is 0 Å². The van der Waals surface area contributed by atoms with E-state index in [1.165, 1.54) is 4.31 Å². The summed E-state index contributed by atoms with van der Waals surface area (Å²) >= 11 is 0. The van der Waals surface area contributed by atoms with Crippen LogP contribution in [0.25, 0.3) is 0 Å². The minimum Gasteiger partial charge on any atom is -0.327 e. The molecule has 2 aliphatic carbocycles. The van der Waals surface area contributed by atoms with E-state index in [0.717, 1.165) is 56.4 Å². The van der Waals surface area contributed by atoms with E-state index in [4.69, 9.17) is 5.73 Å². The van der Waals surface area contributed by atoms with Gasteiger partial charge in [-0.25, -0.2) is 8.42 Å². The van der Waals surface area contributed by atoms with E-state index in [0.29, 0.717) is 12.5 Å². The number of rotatable bonds is 4. The lowest BCUT2D eigenvalue weighted by Crippen LogP contribution is -2.39. The Morgan fingerprint density at radius 1 is 1.04 bits per heavy atom. The van der Waals surface area contributed by atoms with Crippen molar-refractivity contribution in [1.29, 1.82) is 0 Å². The standard InChI is InChI=1S/C18H23F3N2O2S/c19-18(20,21)12-3-5-13(6-4-12)26(24,25)23-10-15-14(7-8-16(15)22)17(23)9-11-1-2-11/h3-6,11,14-17H,1-2,7-10,22H2. The minimum atomic E-state index is -4.48. The Morgan fingerprint density at radius 3 is 2.27 bits per heavy atom. The third-order valence-electron chi connectivity index (χ3n) is 6.25. The van der Waals surface area contributed by atoms with Crippen LogP contribution in [0.4, 0.5) is 13.2 Å². The second-order valence-electron chi connectivity index (χ2n) is 7.91. The maximum atomic E-state index is 13.1. The van der Waals surface area contributed by atoms with E-state index in [2.05, 4.69) is 0 Å². The van der Waals surface area contributed by atoms with Crippen molar-refractivity contribution in [3.63, 3.8) is 0 Å². The largest absolute Gasteiger partial charge is 0.416 e. The van der Waals surface area contributed by atoms with Gasteiger partial charge in [-0.15, -0.1) is 0 Å². The predicted octanol–water partition coefficient (Wildman–Crippen LogP) is 3.23. The van der Waals surface area contributed by atoms with Crippen LogP contribution in [0.1, 0.15) is 37.7 Å². The summed E-state index contributed by atoms with van der Waals surface area (Å²) < 4.78 is 66.1. The number of fused-ring (bicyclic) bond motifs is 1. The number of hydrogen-bond donors (Lipinski definition) is 1. The average Bonchev–Trinajstić information content (AvgIpc) is 3.21. The number of nitrogens with zero attached hydrogens (tertiary/aromatic N) is 1. The van der Waals surface area contributed by atoms with Gasteiger partial charge in [0.1, 0.15) is 0 Å². The minimum absolute atomic E-state index is 0.00880. The molecule has 0 aromatic heterocycles. The van der Waals surface area contributed by atoms with Crippen molar-refractivity contribution in [3.05, 3.63) is 29.8 Å². The van der Waals surface area contributed by atoms with Crippen molar-refractivity contribution >= 4 is 10.0 Å². The molecule has 3 fully saturated rings. The normalized spacial score (nSPS) is 32.8. The number of nitrogens with two attached hydrogens (primary N) is 1. The molecular weight excluding hydrogens is 365 g/mol. The van der Waals surface area contributed by atoms with Crippen molar-refractivity contribution in [2.24, 2.45) is 23.5 Å². The molecule has 144 valence electrons. The fourth-order valence-corrected chi connectivity index (χ4v) is 6.37. The topological polar surface area (TPSA) is 63.4 Å². The van der Waals surface area contributed by atoms with E-state index in [9.17, 15) is 21.6 Å². The lowest BCUT2D eigenvalue weighted by atomic mass is 9.90. The van der Waals surface area contributed by atoms with Crippen LogP contribution in [0.15, 0.2) is 29.2 Å². The van der Waals surface area contributed by atoms with Gasteiger partial charge in [0.2, 0.25) is 10.0 Å². The Hall–Kier alpha value is -1.12. The highest BCUT2D eigenvalue weighted by Crippen LogP contribution is 2.48. The molecule has 1 aromatic carbocycles. The molecule has 26 heavy (non-hydrogen) atoms. The lowest BCUT2D eigenvalue weighted by molar-refractivity contribution is -0.137. The molecule has 1 aromatic rings. The number of hydrogen-bond acceptors (Lipinski definition) is 3. The summed E-state index contributed by atoms with van der Waals surface area (Å²) in [5, 5.41) is 0. The molecule has 4 nitrogen and oxygen atoms in total. The van der Waals surface area contributed by atoms with Crippen LogP contribution in [0, 0.1) is 17.8 Å². The maximum Gasteiger partial charge on any atom is 0.416 e. The van der Waals surface area contributed by atoms with E-state index in [1.54, 1.807) is 0 Å². The molecule has 0 spiro atoms. The number of sulfonamides is 1. The Kier molecular flexibility index (Phi) is 4.36. The average molecular weight is 388 g/mol.